The van der Waals surface area contributed by atoms with E-state index in [-0.39, 0.29) is 5.75 Å². The number of esters is 1. The highest BCUT2D eigenvalue weighted by Crippen LogP contribution is 2.18. The largest absolute Gasteiger partial charge is 0.494 e. The maximum absolute atomic E-state index is 13.0. The van der Waals surface area contributed by atoms with E-state index in [1.54, 1.807) is 19.1 Å². The molecule has 4 heteroatoms. The van der Waals surface area contributed by atoms with Gasteiger partial charge in [0.15, 0.2) is 11.6 Å². The Hall–Kier alpha value is -1.84. The minimum absolute atomic E-state index is 0.144. The molecule has 3 nitrogen and oxygen atoms in total. The molecule has 1 rings (SSSR count). The van der Waals surface area contributed by atoms with Crippen LogP contribution in [-0.4, -0.2) is 19.7 Å². The second-order valence-electron chi connectivity index (χ2n) is 2.98. The summed E-state index contributed by atoms with van der Waals surface area (Å²) in [6, 6.07) is 4.34. The Bertz CT molecular complexity index is 399. The van der Waals surface area contributed by atoms with Crippen molar-refractivity contribution in [3.8, 4) is 5.75 Å². The number of hydrogen-bond donors (Lipinski definition) is 0. The molecule has 0 N–H and O–H groups in total. The van der Waals surface area contributed by atoms with E-state index >= 15 is 0 Å². The van der Waals surface area contributed by atoms with Crippen molar-refractivity contribution in [3.63, 3.8) is 0 Å². The van der Waals surface area contributed by atoms with E-state index in [0.29, 0.717) is 12.2 Å². The second-order valence-corrected chi connectivity index (χ2v) is 2.98. The lowest BCUT2D eigenvalue weighted by molar-refractivity contribution is -0.137. The number of carbonyl (C=O) groups excluding carboxylic acids is 1. The zero-order chi connectivity index (χ0) is 12.0. The van der Waals surface area contributed by atoms with Gasteiger partial charge in [0.2, 0.25) is 0 Å². The molecule has 0 bridgehead atoms. The van der Waals surface area contributed by atoms with Gasteiger partial charge in [-0.15, -0.1) is 0 Å². The van der Waals surface area contributed by atoms with Crippen molar-refractivity contribution in [1.82, 2.24) is 0 Å². The highest BCUT2D eigenvalue weighted by molar-refractivity contribution is 5.87. The van der Waals surface area contributed by atoms with E-state index < -0.39 is 11.8 Å². The Morgan fingerprint density at radius 1 is 1.50 bits per heavy atom. The van der Waals surface area contributed by atoms with E-state index in [1.165, 1.54) is 25.3 Å². The molecular formula is C12H13FO3. The fraction of sp³-hybridized carbons (Fsp3) is 0.250. The number of rotatable bonds is 4. The summed E-state index contributed by atoms with van der Waals surface area (Å²) in [6.45, 7) is 2.06. The molecule has 0 fully saturated rings. The molecular weight excluding hydrogens is 211 g/mol. The highest BCUT2D eigenvalue weighted by atomic mass is 19.1. The zero-order valence-corrected chi connectivity index (χ0v) is 9.20. The third-order valence-corrected chi connectivity index (χ3v) is 1.87. The summed E-state index contributed by atoms with van der Waals surface area (Å²) in [5.74, 6) is -0.715. The molecule has 0 aliphatic heterocycles. The molecule has 0 atom stereocenters. The summed E-state index contributed by atoms with van der Waals surface area (Å²) in [4.78, 5) is 11.0. The van der Waals surface area contributed by atoms with Crippen molar-refractivity contribution in [1.29, 1.82) is 0 Å². The predicted octanol–water partition coefficient (Wildman–Crippen LogP) is 2.41. The lowest BCUT2D eigenvalue weighted by Gasteiger charge is -2.02. The van der Waals surface area contributed by atoms with Gasteiger partial charge in [-0.05, 0) is 30.7 Å². The number of carbonyl (C=O) groups is 1. The number of benzene rings is 1. The van der Waals surface area contributed by atoms with Gasteiger partial charge in [-0.1, -0.05) is 6.07 Å². The van der Waals surface area contributed by atoms with Gasteiger partial charge in [-0.25, -0.2) is 9.18 Å². The van der Waals surface area contributed by atoms with Crippen LogP contribution in [0.5, 0.6) is 5.75 Å². The van der Waals surface area contributed by atoms with Crippen LogP contribution in [-0.2, 0) is 9.53 Å². The fourth-order valence-corrected chi connectivity index (χ4v) is 1.13. The first-order valence-corrected chi connectivity index (χ1v) is 4.85. The normalized spacial score (nSPS) is 10.4. The summed E-state index contributed by atoms with van der Waals surface area (Å²) in [5, 5.41) is 0. The fourth-order valence-electron chi connectivity index (χ4n) is 1.13. The third-order valence-electron chi connectivity index (χ3n) is 1.87. The van der Waals surface area contributed by atoms with Crippen LogP contribution in [0.3, 0.4) is 0 Å². The van der Waals surface area contributed by atoms with Gasteiger partial charge >= 0.3 is 5.97 Å². The molecule has 16 heavy (non-hydrogen) atoms. The highest BCUT2D eigenvalue weighted by Gasteiger charge is 2.02. The van der Waals surface area contributed by atoms with E-state index in [0.717, 1.165) is 0 Å². The first kappa shape index (κ1) is 12.2. The second kappa shape index (κ2) is 5.90. The predicted molar refractivity (Wildman–Crippen MR) is 58.6 cm³/mol. The molecule has 0 aliphatic rings. The molecule has 1 aromatic rings. The first-order chi connectivity index (χ1) is 7.67. The Morgan fingerprint density at radius 3 is 2.88 bits per heavy atom. The van der Waals surface area contributed by atoms with Gasteiger partial charge in [0, 0.05) is 6.08 Å². The van der Waals surface area contributed by atoms with Crippen LogP contribution < -0.4 is 4.74 Å². The monoisotopic (exact) mass is 224 g/mol. The van der Waals surface area contributed by atoms with Crippen molar-refractivity contribution in [3.05, 3.63) is 35.7 Å². The number of ether oxygens (including phenoxy) is 2. The molecule has 1 aromatic carbocycles. The van der Waals surface area contributed by atoms with Crippen molar-refractivity contribution < 1.29 is 18.7 Å². The summed E-state index contributed by atoms with van der Waals surface area (Å²) in [6.07, 6.45) is 2.83. The molecule has 0 radical (unpaired) electrons. The lowest BCUT2D eigenvalue weighted by atomic mass is 10.2. The summed E-state index contributed by atoms with van der Waals surface area (Å²) >= 11 is 0. The molecule has 86 valence electrons. The molecule has 0 unspecified atom stereocenters. The maximum atomic E-state index is 13.0. The molecule has 0 saturated heterocycles. The lowest BCUT2D eigenvalue weighted by Crippen LogP contribution is -1.98. The smallest absolute Gasteiger partial charge is 0.330 e. The van der Waals surface area contributed by atoms with Crippen LogP contribution in [0.25, 0.3) is 6.08 Å². The molecule has 0 spiro atoms. The summed E-state index contributed by atoms with van der Waals surface area (Å²) < 4.78 is 22.6. The van der Waals surface area contributed by atoms with Crippen molar-refractivity contribution >= 4 is 12.0 Å². The number of hydrogen-bond acceptors (Lipinski definition) is 3. The average Bonchev–Trinajstić information content (AvgIpc) is 2.28. The Kier molecular flexibility index (Phi) is 4.51. The van der Waals surface area contributed by atoms with Gasteiger partial charge in [-0.2, -0.15) is 0 Å². The van der Waals surface area contributed by atoms with Crippen molar-refractivity contribution in [2.24, 2.45) is 0 Å². The van der Waals surface area contributed by atoms with Crippen LogP contribution in [0.15, 0.2) is 24.3 Å². The topological polar surface area (TPSA) is 35.5 Å². The third kappa shape index (κ3) is 3.38. The van der Waals surface area contributed by atoms with Crippen LogP contribution in [0.2, 0.25) is 0 Å². The summed E-state index contributed by atoms with van der Waals surface area (Å²) in [5.41, 5.74) is 0.673. The average molecular weight is 224 g/mol. The van der Waals surface area contributed by atoms with Gasteiger partial charge in [0.1, 0.15) is 0 Å². The van der Waals surface area contributed by atoms with Gasteiger partial charge < -0.3 is 9.47 Å². The SMILES string of the molecule is CCOC(=O)/C=C/c1ccc(F)c(OC)c1. The quantitative estimate of drug-likeness (QED) is 0.582. The van der Waals surface area contributed by atoms with Gasteiger partial charge in [0.25, 0.3) is 0 Å². The zero-order valence-electron chi connectivity index (χ0n) is 9.20. The minimum Gasteiger partial charge on any atom is -0.494 e. The van der Waals surface area contributed by atoms with E-state index in [4.69, 9.17) is 9.47 Å². The standard InChI is InChI=1S/C12H13FO3/c1-3-16-12(14)7-5-9-4-6-10(13)11(8-9)15-2/h4-8H,3H2,1-2H3/b7-5+. The van der Waals surface area contributed by atoms with Crippen LogP contribution in [0, 0.1) is 5.82 Å². The van der Waals surface area contributed by atoms with Gasteiger partial charge in [0.05, 0.1) is 13.7 Å². The molecule has 0 aliphatic carbocycles. The van der Waals surface area contributed by atoms with E-state index in [1.807, 2.05) is 0 Å². The van der Waals surface area contributed by atoms with Gasteiger partial charge in [-0.3, -0.25) is 0 Å². The minimum atomic E-state index is -0.434. The Morgan fingerprint density at radius 2 is 2.25 bits per heavy atom. The number of halogens is 1. The van der Waals surface area contributed by atoms with Crippen LogP contribution in [0.1, 0.15) is 12.5 Å². The number of methoxy groups -OCH3 is 1. The maximum Gasteiger partial charge on any atom is 0.330 e. The molecule has 0 aromatic heterocycles. The summed E-state index contributed by atoms with van der Waals surface area (Å²) in [7, 11) is 1.39. The Labute approximate surface area is 93.5 Å². The molecule has 0 heterocycles. The Balaban J connectivity index is 2.78. The van der Waals surface area contributed by atoms with Crippen LogP contribution >= 0.6 is 0 Å². The van der Waals surface area contributed by atoms with Crippen molar-refractivity contribution in [2.45, 2.75) is 6.92 Å². The first-order valence-electron chi connectivity index (χ1n) is 4.85. The van der Waals surface area contributed by atoms with E-state index in [2.05, 4.69) is 0 Å². The molecule has 0 amide bonds. The van der Waals surface area contributed by atoms with Crippen LogP contribution in [0.4, 0.5) is 4.39 Å². The van der Waals surface area contributed by atoms with Crippen molar-refractivity contribution in [2.75, 3.05) is 13.7 Å². The van der Waals surface area contributed by atoms with E-state index in [9.17, 15) is 9.18 Å². The molecule has 0 saturated carbocycles.